The third kappa shape index (κ3) is 417. The van der Waals surface area contributed by atoms with Gasteiger partial charge in [-0.25, -0.2) is 0 Å². The minimum Gasteiger partial charge on any atom is -0.412 e. The fourth-order valence-corrected chi connectivity index (χ4v) is 0. The molecule has 0 unspecified atom stereocenters. The van der Waals surface area contributed by atoms with E-state index in [-0.39, 0.29) is 32.8 Å². The minimum absolute atomic E-state index is 0. The van der Waals surface area contributed by atoms with Gasteiger partial charge in [0, 0.05) is 0 Å². The van der Waals surface area contributed by atoms with Crippen molar-refractivity contribution in [2.75, 3.05) is 0 Å². The first-order valence-corrected chi connectivity index (χ1v) is 2.78. The molecule has 0 amide bonds. The summed E-state index contributed by atoms with van der Waals surface area (Å²) in [6.45, 7) is 0. The predicted molar refractivity (Wildman–Crippen MR) is 3.61 cm³/mol. The molecular weight excluding hydrogens is 295 g/mol. The topological polar surface area (TPSA) is 170 Å². The second-order valence-electron chi connectivity index (χ2n) is 0.378. The first-order valence-electron chi connectivity index (χ1n) is 0.926. The maximum atomic E-state index is 8.41. The Balaban J connectivity index is -0.0000000300. The van der Waals surface area contributed by atoms with E-state index in [1.54, 1.807) is 0 Å². The van der Waals surface area contributed by atoms with E-state index in [1.165, 1.54) is 0 Å². The maximum Gasteiger partial charge on any atom is 2.00 e. The van der Waals surface area contributed by atoms with Crippen molar-refractivity contribution in [3.8, 4) is 0 Å². The largest absolute Gasteiger partial charge is 2.00 e. The summed E-state index contributed by atoms with van der Waals surface area (Å²) in [5.74, 6) is 0. The summed E-state index contributed by atoms with van der Waals surface area (Å²) in [5, 5.41) is 0. The predicted octanol–water partition coefficient (Wildman–Crippen LogP) is -7.96. The maximum absolute atomic E-state index is 8.41. The summed E-state index contributed by atoms with van der Waals surface area (Å²) in [7, 11) is -5.70. The van der Waals surface area contributed by atoms with Crippen LogP contribution in [0.15, 0.2) is 0 Å². The van der Waals surface area contributed by atoms with Gasteiger partial charge in [0.25, 0.3) is 0 Å². The van der Waals surface area contributed by atoms with Crippen LogP contribution in [0.1, 0.15) is 0 Å². The van der Waals surface area contributed by atoms with Gasteiger partial charge in [0.05, 0.1) is 21.6 Å². The molecule has 0 saturated heterocycles. The third-order valence-electron chi connectivity index (χ3n) is 0. The van der Waals surface area contributed by atoms with Crippen molar-refractivity contribution < 1.29 is 82.3 Å². The van der Waals surface area contributed by atoms with E-state index in [0.29, 0.717) is 0 Å². The molecule has 10 heavy (non-hydrogen) atoms. The Hall–Kier alpha value is 1.22. The molecule has 0 aliphatic heterocycles. The fourth-order valence-electron chi connectivity index (χ4n) is 0. The SMILES string of the molecule is O.[Cd+2].[O-][Cl+2]([O-])[O-].[O-][Cl+2]([O-])[O-]. The molecule has 0 rings (SSSR count). The van der Waals surface area contributed by atoms with Gasteiger partial charge in [0.2, 0.25) is 0 Å². The van der Waals surface area contributed by atoms with E-state index in [0.717, 1.165) is 0 Å². The van der Waals surface area contributed by atoms with Gasteiger partial charge in [0.15, 0.2) is 0 Å². The van der Waals surface area contributed by atoms with Gasteiger partial charge in [-0.3, -0.25) is 0 Å². The average Bonchev–Trinajstić information content (AvgIpc) is 1.25. The van der Waals surface area contributed by atoms with Crippen molar-refractivity contribution in [1.82, 2.24) is 0 Å². The molecule has 60 valence electrons. The molecule has 0 heterocycles. The molecule has 0 aliphatic rings. The van der Waals surface area contributed by atoms with Gasteiger partial charge >= 0.3 is 27.3 Å². The zero-order valence-electron chi connectivity index (χ0n) is 4.41. The van der Waals surface area contributed by atoms with Crippen LogP contribution in [0.5, 0.6) is 0 Å². The van der Waals surface area contributed by atoms with Crippen LogP contribution in [0.4, 0.5) is 0 Å². The second-order valence-corrected chi connectivity index (χ2v) is 1.13. The van der Waals surface area contributed by atoms with Crippen molar-refractivity contribution in [3.63, 3.8) is 0 Å². The van der Waals surface area contributed by atoms with Crippen LogP contribution in [0, 0.1) is 21.6 Å². The zero-order chi connectivity index (χ0) is 7.15. The molecule has 0 radical (unpaired) electrons. The molecule has 7 nitrogen and oxygen atoms in total. The van der Waals surface area contributed by atoms with Crippen molar-refractivity contribution in [3.05, 3.63) is 0 Å². The summed E-state index contributed by atoms with van der Waals surface area (Å²) in [6.07, 6.45) is 0. The number of hydrogen-bond donors (Lipinski definition) is 0. The van der Waals surface area contributed by atoms with Crippen LogP contribution in [0.2, 0.25) is 0 Å². The molecule has 0 aromatic heterocycles. The van der Waals surface area contributed by atoms with Gasteiger partial charge in [-0.05, 0) is 0 Å². The molecule has 0 saturated carbocycles. The summed E-state index contributed by atoms with van der Waals surface area (Å²) in [6, 6.07) is 0. The summed E-state index contributed by atoms with van der Waals surface area (Å²) >= 11 is 0. The summed E-state index contributed by atoms with van der Waals surface area (Å²) < 4.78 is 50.4. The van der Waals surface area contributed by atoms with Crippen molar-refractivity contribution in [2.24, 2.45) is 0 Å². The Bertz CT molecular complexity index is 27.1. The van der Waals surface area contributed by atoms with Gasteiger partial charge in [-0.2, -0.15) is 0 Å². The van der Waals surface area contributed by atoms with Crippen LogP contribution in [-0.4, -0.2) is 5.48 Å². The first-order chi connectivity index (χ1) is 3.46. The molecule has 0 spiro atoms. The third-order valence-corrected chi connectivity index (χ3v) is 0. The standard InChI is InChI=1S/Cd.2ClO3.H2O/c;2*2-1(3)4;/h;;;1H2/q+2;2*-1;. The molecule has 0 atom stereocenters. The summed E-state index contributed by atoms with van der Waals surface area (Å²) in [4.78, 5) is 0. The molecule has 0 aromatic carbocycles. The Morgan fingerprint density at radius 2 is 0.600 bits per heavy atom. The van der Waals surface area contributed by atoms with Crippen LogP contribution in [0.3, 0.4) is 0 Å². The van der Waals surface area contributed by atoms with Gasteiger partial charge in [-0.15, -0.1) is 0 Å². The number of hydrogen-bond acceptors (Lipinski definition) is 6. The molecule has 0 bridgehead atoms. The van der Waals surface area contributed by atoms with Crippen LogP contribution < -0.4 is 28.0 Å². The molecule has 0 aromatic rings. The van der Waals surface area contributed by atoms with E-state index in [4.69, 9.17) is 28.0 Å². The van der Waals surface area contributed by atoms with E-state index in [9.17, 15) is 0 Å². The van der Waals surface area contributed by atoms with Crippen LogP contribution in [0.25, 0.3) is 0 Å². The first kappa shape index (κ1) is 22.5. The average molecular weight is 297 g/mol. The zero-order valence-corrected chi connectivity index (χ0v) is 9.96. The van der Waals surface area contributed by atoms with Crippen LogP contribution in [-0.2, 0) is 27.3 Å². The van der Waals surface area contributed by atoms with Crippen molar-refractivity contribution in [1.29, 1.82) is 0 Å². The smallest absolute Gasteiger partial charge is 0.412 e. The van der Waals surface area contributed by atoms with Crippen molar-refractivity contribution >= 4 is 0 Å². The number of halogens is 2. The molecule has 10 heteroatoms. The second kappa shape index (κ2) is 16.7. The van der Waals surface area contributed by atoms with Gasteiger partial charge in [0.1, 0.15) is 0 Å². The Labute approximate surface area is 82.2 Å². The molecule has 2 N–H and O–H groups in total. The van der Waals surface area contributed by atoms with Crippen molar-refractivity contribution in [2.45, 2.75) is 0 Å². The minimum atomic E-state index is -2.85. The van der Waals surface area contributed by atoms with E-state index < -0.39 is 21.6 Å². The number of rotatable bonds is 0. The fraction of sp³-hybridized carbons (Fsp3) is 0. The molecule has 0 aliphatic carbocycles. The van der Waals surface area contributed by atoms with Crippen LogP contribution >= 0.6 is 0 Å². The van der Waals surface area contributed by atoms with E-state index in [1.807, 2.05) is 0 Å². The summed E-state index contributed by atoms with van der Waals surface area (Å²) in [5.41, 5.74) is 0. The Morgan fingerprint density at radius 3 is 0.600 bits per heavy atom. The quantitative estimate of drug-likeness (QED) is 0.402. The molecular formula is H2CdCl2O7. The Morgan fingerprint density at radius 1 is 0.600 bits per heavy atom. The van der Waals surface area contributed by atoms with Gasteiger partial charge in [-0.1, -0.05) is 0 Å². The van der Waals surface area contributed by atoms with E-state index >= 15 is 0 Å². The Kier molecular flexibility index (Phi) is 37.5. The normalized spacial score (nSPS) is 7.20. The van der Waals surface area contributed by atoms with E-state index in [2.05, 4.69) is 0 Å². The molecule has 0 fully saturated rings. The van der Waals surface area contributed by atoms with Gasteiger partial charge < -0.3 is 33.4 Å². The monoisotopic (exact) mass is 298 g/mol.